The number of methoxy groups -OCH3 is 2. The molecule has 1 aromatic carbocycles. The van der Waals surface area contributed by atoms with Gasteiger partial charge in [-0.15, -0.1) is 11.3 Å². The van der Waals surface area contributed by atoms with E-state index in [1.54, 1.807) is 14.2 Å². The number of thiophene rings is 1. The van der Waals surface area contributed by atoms with E-state index in [2.05, 4.69) is 15.3 Å². The van der Waals surface area contributed by atoms with Gasteiger partial charge in [0.1, 0.15) is 11.6 Å². The molecule has 2 heterocycles. The first kappa shape index (κ1) is 18.2. The van der Waals surface area contributed by atoms with Crippen LogP contribution >= 0.6 is 11.3 Å². The predicted octanol–water partition coefficient (Wildman–Crippen LogP) is 3.37. The highest BCUT2D eigenvalue weighted by Gasteiger charge is 2.11. The van der Waals surface area contributed by atoms with Crippen molar-refractivity contribution in [3.8, 4) is 23.0 Å². The van der Waals surface area contributed by atoms with Gasteiger partial charge < -0.3 is 19.9 Å². The van der Waals surface area contributed by atoms with Gasteiger partial charge in [0.25, 0.3) is 0 Å². The fraction of sp³-hybridized carbons (Fsp3) is 0.263. The van der Waals surface area contributed by atoms with Crippen molar-refractivity contribution in [1.29, 1.82) is 0 Å². The molecule has 26 heavy (non-hydrogen) atoms. The summed E-state index contributed by atoms with van der Waals surface area (Å²) < 4.78 is 10.4. The van der Waals surface area contributed by atoms with E-state index in [1.807, 2.05) is 41.8 Å². The van der Waals surface area contributed by atoms with Crippen molar-refractivity contribution >= 4 is 17.2 Å². The number of nitrogens with zero attached hydrogens (tertiary/aromatic N) is 2. The lowest BCUT2D eigenvalue weighted by Crippen LogP contribution is -2.08. The zero-order valence-corrected chi connectivity index (χ0v) is 15.5. The van der Waals surface area contributed by atoms with E-state index in [4.69, 9.17) is 9.47 Å². The van der Waals surface area contributed by atoms with E-state index in [9.17, 15) is 5.11 Å². The molecule has 0 bridgehead atoms. The SMILES string of the molecule is COc1ccc(CCNc2cc(-c3ccsc3CO)nc(OC)n2)cc1. The van der Waals surface area contributed by atoms with Crippen LogP contribution in [0.2, 0.25) is 0 Å². The Morgan fingerprint density at radius 3 is 2.58 bits per heavy atom. The number of anilines is 1. The Hall–Kier alpha value is -2.64. The van der Waals surface area contributed by atoms with E-state index in [0.29, 0.717) is 11.8 Å². The average Bonchev–Trinajstić information content (AvgIpc) is 3.17. The van der Waals surface area contributed by atoms with Crippen LogP contribution < -0.4 is 14.8 Å². The lowest BCUT2D eigenvalue weighted by molar-refractivity contribution is 0.286. The highest BCUT2D eigenvalue weighted by Crippen LogP contribution is 2.29. The van der Waals surface area contributed by atoms with Crippen molar-refractivity contribution in [1.82, 2.24) is 9.97 Å². The van der Waals surface area contributed by atoms with Gasteiger partial charge in [0, 0.05) is 23.1 Å². The van der Waals surface area contributed by atoms with Gasteiger partial charge in [0.05, 0.1) is 26.5 Å². The monoisotopic (exact) mass is 371 g/mol. The van der Waals surface area contributed by atoms with Crippen molar-refractivity contribution < 1.29 is 14.6 Å². The Labute approximate surface area is 156 Å². The second-order valence-corrected chi connectivity index (χ2v) is 6.57. The van der Waals surface area contributed by atoms with Gasteiger partial charge in [-0.3, -0.25) is 0 Å². The minimum absolute atomic E-state index is 0.0143. The Morgan fingerprint density at radius 1 is 1.08 bits per heavy atom. The summed E-state index contributed by atoms with van der Waals surface area (Å²) in [5.41, 5.74) is 2.84. The lowest BCUT2D eigenvalue weighted by Gasteiger charge is -2.10. The van der Waals surface area contributed by atoms with Gasteiger partial charge in [-0.05, 0) is 35.6 Å². The summed E-state index contributed by atoms with van der Waals surface area (Å²) in [6.45, 7) is 0.710. The molecule has 0 saturated heterocycles. The Kier molecular flexibility index (Phi) is 6.04. The zero-order valence-electron chi connectivity index (χ0n) is 14.7. The standard InChI is InChI=1S/C19H21N3O3S/c1-24-14-5-3-13(4-6-14)7-9-20-18-11-16(21-19(22-18)25-2)15-8-10-26-17(15)12-23/h3-6,8,10-11,23H,7,9,12H2,1-2H3,(H,20,21,22). The predicted molar refractivity (Wildman–Crippen MR) is 103 cm³/mol. The molecular formula is C19H21N3O3S. The summed E-state index contributed by atoms with van der Waals surface area (Å²) in [5.74, 6) is 1.54. The largest absolute Gasteiger partial charge is 0.497 e. The van der Waals surface area contributed by atoms with Crippen LogP contribution in [-0.4, -0.2) is 35.8 Å². The molecular weight excluding hydrogens is 350 g/mol. The topological polar surface area (TPSA) is 76.5 Å². The summed E-state index contributed by atoms with van der Waals surface area (Å²) in [6, 6.07) is 12.1. The minimum atomic E-state index is -0.0143. The lowest BCUT2D eigenvalue weighted by atomic mass is 10.1. The third-order valence-corrected chi connectivity index (χ3v) is 4.84. The van der Waals surface area contributed by atoms with Gasteiger partial charge in [-0.1, -0.05) is 12.1 Å². The number of benzene rings is 1. The van der Waals surface area contributed by atoms with Crippen molar-refractivity contribution in [3.05, 3.63) is 52.2 Å². The fourth-order valence-electron chi connectivity index (χ4n) is 2.56. The maximum absolute atomic E-state index is 9.48. The van der Waals surface area contributed by atoms with Crippen molar-refractivity contribution in [3.63, 3.8) is 0 Å². The first-order valence-corrected chi connectivity index (χ1v) is 9.09. The van der Waals surface area contributed by atoms with Gasteiger partial charge in [0.15, 0.2) is 0 Å². The molecule has 0 saturated carbocycles. The van der Waals surface area contributed by atoms with Crippen LogP contribution in [0.5, 0.6) is 11.8 Å². The van der Waals surface area contributed by atoms with Crippen molar-refractivity contribution in [2.24, 2.45) is 0 Å². The van der Waals surface area contributed by atoms with E-state index in [0.717, 1.165) is 34.8 Å². The maximum atomic E-state index is 9.48. The van der Waals surface area contributed by atoms with Gasteiger partial charge >= 0.3 is 6.01 Å². The maximum Gasteiger partial charge on any atom is 0.318 e. The van der Waals surface area contributed by atoms with Crippen LogP contribution in [0.15, 0.2) is 41.8 Å². The molecule has 0 radical (unpaired) electrons. The van der Waals surface area contributed by atoms with E-state index in [-0.39, 0.29) is 6.61 Å². The molecule has 2 aromatic heterocycles. The molecule has 6 nitrogen and oxygen atoms in total. The normalized spacial score (nSPS) is 10.6. The molecule has 2 N–H and O–H groups in total. The van der Waals surface area contributed by atoms with Gasteiger partial charge in [0.2, 0.25) is 0 Å². The Morgan fingerprint density at radius 2 is 1.88 bits per heavy atom. The number of aliphatic hydroxyl groups excluding tert-OH is 1. The Bertz CT molecular complexity index is 849. The zero-order chi connectivity index (χ0) is 18.4. The molecule has 7 heteroatoms. The third-order valence-electron chi connectivity index (χ3n) is 3.93. The highest BCUT2D eigenvalue weighted by molar-refractivity contribution is 7.10. The molecule has 0 amide bonds. The molecule has 0 fully saturated rings. The molecule has 0 aliphatic carbocycles. The van der Waals surface area contributed by atoms with Crippen LogP contribution in [0.1, 0.15) is 10.4 Å². The van der Waals surface area contributed by atoms with Crippen LogP contribution in [0.25, 0.3) is 11.3 Å². The summed E-state index contributed by atoms with van der Waals surface area (Å²) in [5, 5.41) is 14.7. The van der Waals surface area contributed by atoms with E-state index in [1.165, 1.54) is 16.9 Å². The van der Waals surface area contributed by atoms with Crippen molar-refractivity contribution in [2.45, 2.75) is 13.0 Å². The number of aromatic nitrogens is 2. The molecule has 136 valence electrons. The molecule has 0 atom stereocenters. The highest BCUT2D eigenvalue weighted by atomic mass is 32.1. The van der Waals surface area contributed by atoms with Gasteiger partial charge in [-0.2, -0.15) is 9.97 Å². The molecule has 0 unspecified atom stereocenters. The summed E-state index contributed by atoms with van der Waals surface area (Å²) >= 11 is 1.50. The first-order valence-electron chi connectivity index (χ1n) is 8.21. The van der Waals surface area contributed by atoms with Crippen LogP contribution in [0, 0.1) is 0 Å². The average molecular weight is 371 g/mol. The number of hydrogen-bond acceptors (Lipinski definition) is 7. The summed E-state index contributed by atoms with van der Waals surface area (Å²) in [7, 11) is 3.20. The van der Waals surface area contributed by atoms with Crippen LogP contribution in [-0.2, 0) is 13.0 Å². The number of aliphatic hydroxyl groups is 1. The van der Waals surface area contributed by atoms with Crippen LogP contribution in [0.4, 0.5) is 5.82 Å². The smallest absolute Gasteiger partial charge is 0.318 e. The number of rotatable bonds is 8. The Balaban J connectivity index is 1.71. The summed E-state index contributed by atoms with van der Waals surface area (Å²) in [4.78, 5) is 9.62. The molecule has 0 aliphatic heterocycles. The number of hydrogen-bond donors (Lipinski definition) is 2. The van der Waals surface area contributed by atoms with Crippen LogP contribution in [0.3, 0.4) is 0 Å². The molecule has 0 spiro atoms. The molecule has 3 aromatic rings. The third kappa shape index (κ3) is 4.30. The second-order valence-electron chi connectivity index (χ2n) is 5.57. The van der Waals surface area contributed by atoms with E-state index >= 15 is 0 Å². The number of nitrogens with one attached hydrogen (secondary N) is 1. The number of ether oxygens (including phenoxy) is 2. The minimum Gasteiger partial charge on any atom is -0.497 e. The van der Waals surface area contributed by atoms with E-state index < -0.39 is 0 Å². The van der Waals surface area contributed by atoms with Gasteiger partial charge in [-0.25, -0.2) is 0 Å². The summed E-state index contributed by atoms with van der Waals surface area (Å²) in [6.07, 6.45) is 0.853. The molecule has 0 aliphatic rings. The fourth-order valence-corrected chi connectivity index (χ4v) is 3.31. The first-order chi connectivity index (χ1) is 12.7. The van der Waals surface area contributed by atoms with Crippen molar-refractivity contribution in [2.75, 3.05) is 26.1 Å². The quantitative estimate of drug-likeness (QED) is 0.632. The molecule has 3 rings (SSSR count). The second kappa shape index (κ2) is 8.64.